The van der Waals surface area contributed by atoms with Gasteiger partial charge in [0.1, 0.15) is 10.8 Å². The first-order valence-corrected chi connectivity index (χ1v) is 6.42. The van der Waals surface area contributed by atoms with Gasteiger partial charge in [0.25, 0.3) is 0 Å². The Hall–Kier alpha value is -2.21. The van der Waals surface area contributed by atoms with Crippen molar-refractivity contribution in [3.8, 4) is 16.3 Å². The molecule has 0 aliphatic heterocycles. The largest absolute Gasteiger partial charge is 0.508 e. The molecule has 0 aliphatic rings. The number of pyridine rings is 1. The summed E-state index contributed by atoms with van der Waals surface area (Å²) >= 11 is 1.39. The van der Waals surface area contributed by atoms with Crippen LogP contribution in [-0.2, 0) is 0 Å². The maximum Gasteiger partial charge on any atom is 0.166 e. The van der Waals surface area contributed by atoms with Gasteiger partial charge in [0, 0.05) is 18.8 Å². The summed E-state index contributed by atoms with van der Waals surface area (Å²) in [5.41, 5.74) is 1.40. The molecule has 0 atom stereocenters. The van der Waals surface area contributed by atoms with Crippen LogP contribution in [-0.4, -0.2) is 22.1 Å². The Bertz CT molecular complexity index is 757. The third-order valence-electron chi connectivity index (χ3n) is 2.70. The second kappa shape index (κ2) is 4.47. The van der Waals surface area contributed by atoms with Crippen molar-refractivity contribution in [2.75, 3.05) is 12.4 Å². The van der Waals surface area contributed by atoms with E-state index in [4.69, 9.17) is 0 Å². The van der Waals surface area contributed by atoms with Gasteiger partial charge in [-0.05, 0) is 24.3 Å². The van der Waals surface area contributed by atoms with E-state index in [1.807, 2.05) is 0 Å². The molecule has 0 saturated carbocycles. The lowest BCUT2D eigenvalue weighted by molar-refractivity contribution is 0.476. The number of benzene rings is 1. The number of fused-ring (bicyclic) bond motifs is 1. The first kappa shape index (κ1) is 11.9. The lowest BCUT2D eigenvalue weighted by atomic mass is 10.3. The predicted octanol–water partition coefficient (Wildman–Crippen LogP) is 3.24. The van der Waals surface area contributed by atoms with E-state index in [1.54, 1.807) is 31.4 Å². The number of phenolic OH excluding ortho intramolecular Hbond substituents is 1. The van der Waals surface area contributed by atoms with Gasteiger partial charge in [0.05, 0.1) is 10.2 Å². The number of aromatic nitrogens is 2. The average molecular weight is 275 g/mol. The van der Waals surface area contributed by atoms with Crippen molar-refractivity contribution in [2.45, 2.75) is 0 Å². The van der Waals surface area contributed by atoms with E-state index in [1.165, 1.54) is 17.4 Å². The highest BCUT2D eigenvalue weighted by Crippen LogP contribution is 2.32. The van der Waals surface area contributed by atoms with Gasteiger partial charge in [0.2, 0.25) is 0 Å². The zero-order chi connectivity index (χ0) is 13.4. The molecule has 0 fully saturated rings. The summed E-state index contributed by atoms with van der Waals surface area (Å²) in [6.07, 6.45) is 1.58. The Morgan fingerprint density at radius 2 is 2.16 bits per heavy atom. The predicted molar refractivity (Wildman–Crippen MR) is 74.0 cm³/mol. The SMILES string of the molecule is CNc1ncc(-c2nc3ccc(O)cc3s2)cc1F. The highest BCUT2D eigenvalue weighted by Gasteiger charge is 2.10. The number of anilines is 1. The van der Waals surface area contributed by atoms with Crippen LogP contribution in [0.25, 0.3) is 20.8 Å². The van der Waals surface area contributed by atoms with Crippen molar-refractivity contribution in [1.82, 2.24) is 9.97 Å². The van der Waals surface area contributed by atoms with E-state index < -0.39 is 5.82 Å². The first-order chi connectivity index (χ1) is 9.17. The molecule has 6 heteroatoms. The quantitative estimate of drug-likeness (QED) is 0.753. The minimum Gasteiger partial charge on any atom is -0.508 e. The molecule has 0 saturated heterocycles. The molecule has 0 aliphatic carbocycles. The molecule has 0 amide bonds. The molecule has 2 N–H and O–H groups in total. The van der Waals surface area contributed by atoms with Crippen LogP contribution in [0.15, 0.2) is 30.5 Å². The fourth-order valence-electron chi connectivity index (χ4n) is 1.78. The Labute approximate surface area is 112 Å². The number of nitrogens with one attached hydrogen (secondary N) is 1. The van der Waals surface area contributed by atoms with Gasteiger partial charge in [-0.3, -0.25) is 0 Å². The zero-order valence-electron chi connectivity index (χ0n) is 10.0. The molecule has 3 aromatic rings. The fraction of sp³-hybridized carbons (Fsp3) is 0.0769. The highest BCUT2D eigenvalue weighted by molar-refractivity contribution is 7.21. The van der Waals surface area contributed by atoms with Crippen LogP contribution in [0.3, 0.4) is 0 Å². The molecular formula is C13H10FN3OS. The number of halogens is 1. The summed E-state index contributed by atoms with van der Waals surface area (Å²) in [5.74, 6) is -0.0119. The van der Waals surface area contributed by atoms with Gasteiger partial charge in [0.15, 0.2) is 11.6 Å². The second-order valence-electron chi connectivity index (χ2n) is 3.98. The summed E-state index contributed by atoms with van der Waals surface area (Å²) in [6.45, 7) is 0. The summed E-state index contributed by atoms with van der Waals surface area (Å²) in [5, 5.41) is 12.8. The van der Waals surface area contributed by atoms with E-state index in [0.29, 0.717) is 10.6 Å². The number of nitrogens with zero attached hydrogens (tertiary/aromatic N) is 2. The smallest absolute Gasteiger partial charge is 0.166 e. The lowest BCUT2D eigenvalue weighted by Crippen LogP contribution is -1.96. The third-order valence-corrected chi connectivity index (χ3v) is 3.76. The highest BCUT2D eigenvalue weighted by atomic mass is 32.1. The van der Waals surface area contributed by atoms with Crippen molar-refractivity contribution < 1.29 is 9.50 Å². The van der Waals surface area contributed by atoms with Gasteiger partial charge in [-0.1, -0.05) is 0 Å². The second-order valence-corrected chi connectivity index (χ2v) is 5.01. The van der Waals surface area contributed by atoms with E-state index in [0.717, 1.165) is 10.2 Å². The number of rotatable bonds is 2. The standard InChI is InChI=1S/C13H10FN3OS/c1-15-12-9(14)4-7(6-16-12)13-17-10-3-2-8(18)5-11(10)19-13/h2-6,18H,1H3,(H,15,16). The van der Waals surface area contributed by atoms with Crippen molar-refractivity contribution in [1.29, 1.82) is 0 Å². The van der Waals surface area contributed by atoms with Gasteiger partial charge >= 0.3 is 0 Å². The lowest BCUT2D eigenvalue weighted by Gasteiger charge is -2.01. The Morgan fingerprint density at radius 3 is 2.89 bits per heavy atom. The number of hydrogen-bond donors (Lipinski definition) is 2. The van der Waals surface area contributed by atoms with E-state index in [9.17, 15) is 9.50 Å². The zero-order valence-corrected chi connectivity index (χ0v) is 10.8. The van der Waals surface area contributed by atoms with Crippen molar-refractivity contribution in [2.24, 2.45) is 0 Å². The van der Waals surface area contributed by atoms with Gasteiger partial charge < -0.3 is 10.4 Å². The first-order valence-electron chi connectivity index (χ1n) is 5.60. The summed E-state index contributed by atoms with van der Waals surface area (Å²) < 4.78 is 14.5. The van der Waals surface area contributed by atoms with Crippen molar-refractivity contribution >= 4 is 27.4 Å². The topological polar surface area (TPSA) is 58.0 Å². The van der Waals surface area contributed by atoms with Gasteiger partial charge in [-0.15, -0.1) is 11.3 Å². The van der Waals surface area contributed by atoms with Crippen LogP contribution in [0.1, 0.15) is 0 Å². The molecule has 1 aromatic carbocycles. The Balaban J connectivity index is 2.11. The summed E-state index contributed by atoms with van der Waals surface area (Å²) in [4.78, 5) is 8.39. The van der Waals surface area contributed by atoms with Crippen LogP contribution in [0.2, 0.25) is 0 Å². The fourth-order valence-corrected chi connectivity index (χ4v) is 2.76. The van der Waals surface area contributed by atoms with E-state index in [-0.39, 0.29) is 11.6 Å². The molecule has 2 aromatic heterocycles. The summed E-state index contributed by atoms with van der Waals surface area (Å²) in [7, 11) is 1.62. The van der Waals surface area contributed by atoms with E-state index >= 15 is 0 Å². The van der Waals surface area contributed by atoms with Crippen LogP contribution < -0.4 is 5.32 Å². The monoisotopic (exact) mass is 275 g/mol. The van der Waals surface area contributed by atoms with Crippen molar-refractivity contribution in [3.63, 3.8) is 0 Å². The molecule has 19 heavy (non-hydrogen) atoms. The van der Waals surface area contributed by atoms with Crippen molar-refractivity contribution in [3.05, 3.63) is 36.3 Å². The number of phenols is 1. The molecule has 0 radical (unpaired) electrons. The minimum atomic E-state index is -0.415. The van der Waals surface area contributed by atoms with Crippen LogP contribution in [0.5, 0.6) is 5.75 Å². The summed E-state index contributed by atoms with van der Waals surface area (Å²) in [6, 6.07) is 6.35. The molecule has 0 bridgehead atoms. The number of aromatic hydroxyl groups is 1. The third kappa shape index (κ3) is 2.10. The molecule has 0 unspecified atom stereocenters. The van der Waals surface area contributed by atoms with Crippen LogP contribution in [0, 0.1) is 5.82 Å². The molecule has 3 rings (SSSR count). The maximum atomic E-state index is 13.7. The molecular weight excluding hydrogens is 265 g/mol. The number of hydrogen-bond acceptors (Lipinski definition) is 5. The van der Waals surface area contributed by atoms with Gasteiger partial charge in [-0.25, -0.2) is 14.4 Å². The Kier molecular flexibility index (Phi) is 2.79. The minimum absolute atomic E-state index is 0.192. The molecule has 4 nitrogen and oxygen atoms in total. The van der Waals surface area contributed by atoms with Gasteiger partial charge in [-0.2, -0.15) is 0 Å². The molecule has 0 spiro atoms. The molecule has 96 valence electrons. The van der Waals surface area contributed by atoms with E-state index in [2.05, 4.69) is 15.3 Å². The van der Waals surface area contributed by atoms with Crippen LogP contribution in [0.4, 0.5) is 10.2 Å². The number of thiazole rings is 1. The van der Waals surface area contributed by atoms with Crippen LogP contribution >= 0.6 is 11.3 Å². The normalized spacial score (nSPS) is 10.8. The molecule has 2 heterocycles. The average Bonchev–Trinajstić information content (AvgIpc) is 2.81. The maximum absolute atomic E-state index is 13.7. The Morgan fingerprint density at radius 1 is 1.32 bits per heavy atom.